The minimum Gasteiger partial charge on any atom is -0.374 e. The molecule has 0 fully saturated rings. The monoisotopic (exact) mass is 239 g/mol. The molecule has 2 aromatic heterocycles. The first-order chi connectivity index (χ1) is 7.56. The molecule has 0 amide bonds. The van der Waals surface area contributed by atoms with E-state index in [2.05, 4.69) is 15.2 Å². The zero-order valence-electron chi connectivity index (χ0n) is 8.43. The van der Waals surface area contributed by atoms with Gasteiger partial charge in [0.1, 0.15) is 5.01 Å². The second-order valence-corrected chi connectivity index (χ2v) is 4.33. The maximum Gasteiger partial charge on any atom is 0.328 e. The minimum atomic E-state index is -0.468. The van der Waals surface area contributed by atoms with Crippen LogP contribution in [0.2, 0.25) is 0 Å². The van der Waals surface area contributed by atoms with Gasteiger partial charge in [-0.25, -0.2) is 4.79 Å². The van der Waals surface area contributed by atoms with Crippen molar-refractivity contribution in [3.63, 3.8) is 0 Å². The smallest absolute Gasteiger partial charge is 0.328 e. The van der Waals surface area contributed by atoms with Crippen molar-refractivity contribution >= 4 is 16.5 Å². The molecule has 0 saturated heterocycles. The Morgan fingerprint density at radius 3 is 2.88 bits per heavy atom. The Hall–Kier alpha value is -1.96. The number of aryl methyl sites for hydroxylation is 1. The second kappa shape index (κ2) is 3.89. The van der Waals surface area contributed by atoms with E-state index in [0.29, 0.717) is 15.7 Å². The average Bonchev–Trinajstić information content (AvgIpc) is 2.60. The molecule has 84 valence electrons. The number of hydrogen-bond acceptors (Lipinski definition) is 6. The second-order valence-electron chi connectivity index (χ2n) is 3.23. The lowest BCUT2D eigenvalue weighted by atomic mass is 10.4. The summed E-state index contributed by atoms with van der Waals surface area (Å²) in [6, 6.07) is 0. The summed E-state index contributed by atoms with van der Waals surface area (Å²) in [4.78, 5) is 24.8. The molecule has 7 nitrogen and oxygen atoms in total. The SMILES string of the molecule is Cc1cn(Cc2nnc(N)s2)c(=O)[nH]c1=O. The first kappa shape index (κ1) is 10.6. The fourth-order valence-corrected chi connectivity index (χ4v) is 1.82. The number of nitrogens with two attached hydrogens (primary N) is 1. The lowest BCUT2D eigenvalue weighted by Gasteiger charge is -2.01. The molecular weight excluding hydrogens is 230 g/mol. The van der Waals surface area contributed by atoms with Crippen molar-refractivity contribution in [1.29, 1.82) is 0 Å². The zero-order chi connectivity index (χ0) is 11.7. The van der Waals surface area contributed by atoms with E-state index in [1.54, 1.807) is 6.92 Å². The molecule has 2 heterocycles. The predicted octanol–water partition coefficient (Wildman–Crippen LogP) is -0.673. The van der Waals surface area contributed by atoms with Crippen LogP contribution >= 0.6 is 11.3 Å². The van der Waals surface area contributed by atoms with Crippen LogP contribution in [0.5, 0.6) is 0 Å². The number of anilines is 1. The molecule has 0 bridgehead atoms. The Balaban J connectivity index is 2.39. The van der Waals surface area contributed by atoms with Crippen LogP contribution in [0.1, 0.15) is 10.6 Å². The highest BCUT2D eigenvalue weighted by Gasteiger charge is 2.05. The molecule has 2 rings (SSSR count). The van der Waals surface area contributed by atoms with Gasteiger partial charge in [-0.3, -0.25) is 14.3 Å². The molecule has 0 aliphatic heterocycles. The summed E-state index contributed by atoms with van der Waals surface area (Å²) in [6.07, 6.45) is 1.48. The number of aromatic amines is 1. The molecular formula is C8H9N5O2S. The maximum atomic E-state index is 11.4. The van der Waals surface area contributed by atoms with Crippen molar-refractivity contribution in [2.45, 2.75) is 13.5 Å². The largest absolute Gasteiger partial charge is 0.374 e. The van der Waals surface area contributed by atoms with Gasteiger partial charge in [-0.15, -0.1) is 10.2 Å². The van der Waals surface area contributed by atoms with Crippen molar-refractivity contribution < 1.29 is 0 Å². The Kier molecular flexibility index (Phi) is 2.57. The summed E-state index contributed by atoms with van der Waals surface area (Å²) in [6.45, 7) is 1.88. The fraction of sp³-hybridized carbons (Fsp3) is 0.250. The molecule has 0 saturated carbocycles. The highest BCUT2D eigenvalue weighted by molar-refractivity contribution is 7.15. The minimum absolute atomic E-state index is 0.255. The number of nitrogens with zero attached hydrogens (tertiary/aromatic N) is 3. The van der Waals surface area contributed by atoms with Crippen LogP contribution in [0, 0.1) is 6.92 Å². The number of nitrogen functional groups attached to an aromatic ring is 1. The molecule has 0 aromatic carbocycles. The summed E-state index contributed by atoms with van der Waals surface area (Å²) in [5.74, 6) is 0. The number of rotatable bonds is 2. The van der Waals surface area contributed by atoms with E-state index in [0.717, 1.165) is 0 Å². The molecule has 2 aromatic rings. The predicted molar refractivity (Wildman–Crippen MR) is 59.5 cm³/mol. The first-order valence-electron chi connectivity index (χ1n) is 4.44. The van der Waals surface area contributed by atoms with Crippen LogP contribution < -0.4 is 17.0 Å². The average molecular weight is 239 g/mol. The van der Waals surface area contributed by atoms with Crippen molar-refractivity contribution in [1.82, 2.24) is 19.7 Å². The lowest BCUT2D eigenvalue weighted by molar-refractivity contribution is 0.703. The summed E-state index contributed by atoms with van der Waals surface area (Å²) in [5, 5.41) is 8.41. The van der Waals surface area contributed by atoms with E-state index in [1.165, 1.54) is 22.1 Å². The van der Waals surface area contributed by atoms with Gasteiger partial charge in [0.15, 0.2) is 0 Å². The molecule has 0 aliphatic carbocycles. The first-order valence-corrected chi connectivity index (χ1v) is 5.26. The third-order valence-electron chi connectivity index (χ3n) is 1.98. The van der Waals surface area contributed by atoms with Crippen LogP contribution in [0.25, 0.3) is 0 Å². The van der Waals surface area contributed by atoms with Crippen LogP contribution in [-0.4, -0.2) is 19.7 Å². The van der Waals surface area contributed by atoms with Gasteiger partial charge in [-0.05, 0) is 6.92 Å². The highest BCUT2D eigenvalue weighted by atomic mass is 32.1. The van der Waals surface area contributed by atoms with E-state index in [4.69, 9.17) is 5.73 Å². The number of nitrogens with one attached hydrogen (secondary N) is 1. The van der Waals surface area contributed by atoms with Crippen molar-refractivity contribution in [2.24, 2.45) is 0 Å². The van der Waals surface area contributed by atoms with Crippen molar-refractivity contribution in [3.05, 3.63) is 37.6 Å². The summed E-state index contributed by atoms with van der Waals surface area (Å²) < 4.78 is 1.36. The highest BCUT2D eigenvalue weighted by Crippen LogP contribution is 2.11. The van der Waals surface area contributed by atoms with Gasteiger partial charge in [0.25, 0.3) is 5.56 Å². The van der Waals surface area contributed by atoms with Crippen LogP contribution in [0.3, 0.4) is 0 Å². The Labute approximate surface area is 93.6 Å². The number of H-pyrrole nitrogens is 1. The molecule has 0 aliphatic rings. The molecule has 0 radical (unpaired) electrons. The number of hydrogen-bond donors (Lipinski definition) is 2. The van der Waals surface area contributed by atoms with Gasteiger partial charge >= 0.3 is 5.69 Å². The summed E-state index contributed by atoms with van der Waals surface area (Å²) in [7, 11) is 0. The van der Waals surface area contributed by atoms with Crippen LogP contribution in [0.4, 0.5) is 5.13 Å². The lowest BCUT2D eigenvalue weighted by Crippen LogP contribution is -2.31. The Morgan fingerprint density at radius 2 is 2.25 bits per heavy atom. The standard InChI is InChI=1S/C8H9N5O2S/c1-4-2-13(8(15)10-6(4)14)3-5-11-12-7(9)16-5/h2H,3H2,1H3,(H2,9,12)(H,10,14,15). The van der Waals surface area contributed by atoms with Gasteiger partial charge in [-0.2, -0.15) is 0 Å². The summed E-state index contributed by atoms with van der Waals surface area (Å²) >= 11 is 1.21. The maximum absolute atomic E-state index is 11.4. The van der Waals surface area contributed by atoms with Gasteiger partial charge in [-0.1, -0.05) is 11.3 Å². The van der Waals surface area contributed by atoms with Gasteiger partial charge in [0.05, 0.1) is 6.54 Å². The molecule has 16 heavy (non-hydrogen) atoms. The zero-order valence-corrected chi connectivity index (χ0v) is 9.24. The third-order valence-corrected chi connectivity index (χ3v) is 2.71. The quantitative estimate of drug-likeness (QED) is 0.722. The molecule has 3 N–H and O–H groups in total. The van der Waals surface area contributed by atoms with E-state index >= 15 is 0 Å². The Bertz CT molecular complexity index is 626. The van der Waals surface area contributed by atoms with Gasteiger partial charge in [0.2, 0.25) is 5.13 Å². The normalized spacial score (nSPS) is 10.6. The van der Waals surface area contributed by atoms with E-state index in [1.807, 2.05) is 0 Å². The van der Waals surface area contributed by atoms with Gasteiger partial charge < -0.3 is 5.73 Å². The van der Waals surface area contributed by atoms with E-state index in [9.17, 15) is 9.59 Å². The van der Waals surface area contributed by atoms with Crippen LogP contribution in [-0.2, 0) is 6.54 Å². The molecule has 0 unspecified atom stereocenters. The topological polar surface area (TPSA) is 107 Å². The molecule has 0 atom stereocenters. The van der Waals surface area contributed by atoms with Gasteiger partial charge in [0, 0.05) is 11.8 Å². The van der Waals surface area contributed by atoms with Crippen LogP contribution in [0.15, 0.2) is 15.8 Å². The van der Waals surface area contributed by atoms with Crippen molar-refractivity contribution in [3.8, 4) is 0 Å². The van der Waals surface area contributed by atoms with Crippen molar-refractivity contribution in [2.75, 3.05) is 5.73 Å². The van der Waals surface area contributed by atoms with E-state index < -0.39 is 5.69 Å². The third kappa shape index (κ3) is 2.01. The van der Waals surface area contributed by atoms with E-state index in [-0.39, 0.29) is 12.1 Å². The fourth-order valence-electron chi connectivity index (χ4n) is 1.21. The summed E-state index contributed by atoms with van der Waals surface area (Å²) in [5.41, 5.74) is 5.05. The Morgan fingerprint density at radius 1 is 1.50 bits per heavy atom. The number of aromatic nitrogens is 4. The molecule has 0 spiro atoms. The molecule has 8 heteroatoms.